The number of rotatable bonds is 52. The maximum Gasteiger partial charge on any atom is 0.472 e. The Hall–Kier alpha value is -1.06. The summed E-state index contributed by atoms with van der Waals surface area (Å²) in [5.74, 6) is -0.378. The van der Waals surface area contributed by atoms with Crippen LogP contribution in [-0.2, 0) is 27.9 Å². The molecule has 3 unspecified atom stereocenters. The number of hydrogen-bond acceptors (Lipinski definition) is 8. The van der Waals surface area contributed by atoms with Crippen molar-refractivity contribution < 1.29 is 43.0 Å². The number of aliphatic hydroxyl groups excluding tert-OH is 2. The van der Waals surface area contributed by atoms with Gasteiger partial charge in [-0.25, -0.2) is 4.57 Å². The number of phosphoric acid groups is 1. The van der Waals surface area contributed by atoms with Gasteiger partial charge in [0, 0.05) is 13.0 Å². The molecule has 3 N–H and O–H groups in total. The van der Waals surface area contributed by atoms with Crippen LogP contribution < -0.4 is 0 Å². The van der Waals surface area contributed by atoms with E-state index in [-0.39, 0.29) is 25.6 Å². The number of unbranched alkanes of at least 4 members (excludes halogenated alkanes) is 34. The minimum absolute atomic E-state index is 0.0498. The van der Waals surface area contributed by atoms with E-state index in [1.807, 2.05) is 0 Å². The molecule has 0 rings (SSSR count). The number of phosphoric ester groups is 1. The van der Waals surface area contributed by atoms with E-state index >= 15 is 0 Å². The van der Waals surface area contributed by atoms with Crippen LogP contribution in [0.5, 0.6) is 0 Å². The van der Waals surface area contributed by atoms with Gasteiger partial charge in [0.15, 0.2) is 0 Å². The summed E-state index contributed by atoms with van der Waals surface area (Å²) in [5, 5.41) is 18.4. The van der Waals surface area contributed by atoms with Crippen molar-refractivity contribution in [3.63, 3.8) is 0 Å². The van der Waals surface area contributed by atoms with E-state index in [1.54, 1.807) is 0 Å². The van der Waals surface area contributed by atoms with Gasteiger partial charge in [-0.1, -0.05) is 237 Å². The fourth-order valence-electron chi connectivity index (χ4n) is 7.80. The Labute approximate surface area is 389 Å². The second kappa shape index (κ2) is 50.4. The van der Waals surface area contributed by atoms with Crippen LogP contribution in [0.3, 0.4) is 0 Å². The fourth-order valence-corrected chi connectivity index (χ4v) is 8.59. The van der Waals surface area contributed by atoms with Crippen molar-refractivity contribution in [2.24, 2.45) is 0 Å². The number of carbonyl (C=O) groups is 1. The standard InChI is InChI=1S/C53H103O9P/c1-3-5-7-9-11-13-15-17-19-21-23-24-25-26-27-29-31-33-35-37-39-41-43-45-53(56)62-52(50-61-63(57,58)60-48-51(55)47-54)49-59-46-44-42-40-38-36-34-32-30-28-22-20-18-16-14-12-10-8-6-4-2/h14,16,20,22,51-52,54-55H,3-13,15,17-19,21,23-50H2,1-2H3,(H,57,58)/b16-14-,22-20-. The zero-order valence-electron chi connectivity index (χ0n) is 41.3. The van der Waals surface area contributed by atoms with Crippen LogP contribution in [0.1, 0.15) is 264 Å². The van der Waals surface area contributed by atoms with E-state index in [9.17, 15) is 19.4 Å². The maximum atomic E-state index is 12.7. The Balaban J connectivity index is 4.02. The fraction of sp³-hybridized carbons (Fsp3) is 0.906. The maximum absolute atomic E-state index is 12.7. The van der Waals surface area contributed by atoms with Crippen LogP contribution in [0, 0.1) is 0 Å². The molecular formula is C53H103O9P. The topological polar surface area (TPSA) is 132 Å². The second-order valence-electron chi connectivity index (χ2n) is 18.3. The van der Waals surface area contributed by atoms with Crippen molar-refractivity contribution in [3.05, 3.63) is 24.3 Å². The first-order chi connectivity index (χ1) is 30.8. The average Bonchev–Trinajstić information content (AvgIpc) is 3.28. The van der Waals surface area contributed by atoms with Crippen LogP contribution >= 0.6 is 7.82 Å². The Morgan fingerprint density at radius 1 is 0.492 bits per heavy atom. The number of hydrogen-bond donors (Lipinski definition) is 3. The summed E-state index contributed by atoms with van der Waals surface area (Å²) >= 11 is 0. The Morgan fingerprint density at radius 2 is 0.857 bits per heavy atom. The van der Waals surface area contributed by atoms with Crippen molar-refractivity contribution in [3.8, 4) is 0 Å². The first-order valence-electron chi connectivity index (χ1n) is 26.8. The summed E-state index contributed by atoms with van der Waals surface area (Å²) in [6.45, 7) is 3.55. The quantitative estimate of drug-likeness (QED) is 0.0236. The molecule has 0 spiro atoms. The molecule has 0 amide bonds. The zero-order valence-corrected chi connectivity index (χ0v) is 42.2. The van der Waals surface area contributed by atoms with Gasteiger partial charge in [0.2, 0.25) is 0 Å². The normalized spacial score (nSPS) is 13.9. The number of carbonyl (C=O) groups excluding carboxylic acids is 1. The molecule has 374 valence electrons. The lowest BCUT2D eigenvalue weighted by Gasteiger charge is -2.20. The van der Waals surface area contributed by atoms with Gasteiger partial charge >= 0.3 is 13.8 Å². The van der Waals surface area contributed by atoms with Crippen LogP contribution in [0.2, 0.25) is 0 Å². The van der Waals surface area contributed by atoms with Gasteiger partial charge in [-0.2, -0.15) is 0 Å². The summed E-state index contributed by atoms with van der Waals surface area (Å²) in [5.41, 5.74) is 0. The molecule has 0 aliphatic heterocycles. The van der Waals surface area contributed by atoms with Gasteiger partial charge in [0.05, 0.1) is 26.4 Å². The van der Waals surface area contributed by atoms with Crippen LogP contribution in [0.25, 0.3) is 0 Å². The highest BCUT2D eigenvalue weighted by Crippen LogP contribution is 2.43. The van der Waals surface area contributed by atoms with E-state index < -0.39 is 33.2 Å². The molecule has 10 heteroatoms. The summed E-state index contributed by atoms with van der Waals surface area (Å²) in [6, 6.07) is 0. The van der Waals surface area contributed by atoms with Gasteiger partial charge in [0.25, 0.3) is 0 Å². The predicted octanol–water partition coefficient (Wildman–Crippen LogP) is 15.8. The van der Waals surface area contributed by atoms with E-state index in [4.69, 9.17) is 23.6 Å². The van der Waals surface area contributed by atoms with E-state index in [2.05, 4.69) is 38.2 Å². The summed E-state index contributed by atoms with van der Waals surface area (Å²) < 4.78 is 33.6. The first kappa shape index (κ1) is 61.9. The smallest absolute Gasteiger partial charge is 0.457 e. The SMILES string of the molecule is CCCCCC/C=C\C/C=C\CCCCCCCCCCOCC(COP(=O)(O)OCC(O)CO)OC(=O)CCCCCCCCCCCCCCCCCCCCCCCCC. The molecular weight excluding hydrogens is 812 g/mol. The van der Waals surface area contributed by atoms with Crippen LogP contribution in [0.15, 0.2) is 24.3 Å². The lowest BCUT2D eigenvalue weighted by Crippen LogP contribution is -2.29. The molecule has 0 aromatic carbocycles. The van der Waals surface area contributed by atoms with Gasteiger partial charge in [-0.3, -0.25) is 13.8 Å². The molecule has 0 saturated carbocycles. The van der Waals surface area contributed by atoms with Crippen molar-refractivity contribution in [2.75, 3.05) is 33.0 Å². The van der Waals surface area contributed by atoms with Gasteiger partial charge in [-0.15, -0.1) is 0 Å². The van der Waals surface area contributed by atoms with Crippen molar-refractivity contribution in [2.45, 2.75) is 276 Å². The molecule has 0 aliphatic rings. The molecule has 0 aromatic heterocycles. The largest absolute Gasteiger partial charge is 0.472 e. The Kier molecular flexibility index (Phi) is 49.5. The molecule has 0 aliphatic carbocycles. The Bertz CT molecular complexity index is 1040. The molecule has 63 heavy (non-hydrogen) atoms. The highest BCUT2D eigenvalue weighted by molar-refractivity contribution is 7.47. The van der Waals surface area contributed by atoms with Crippen LogP contribution in [0.4, 0.5) is 0 Å². The lowest BCUT2D eigenvalue weighted by molar-refractivity contribution is -0.154. The van der Waals surface area contributed by atoms with E-state index in [0.29, 0.717) is 6.61 Å². The molecule has 3 atom stereocenters. The van der Waals surface area contributed by atoms with Crippen molar-refractivity contribution >= 4 is 13.8 Å². The number of esters is 1. The minimum Gasteiger partial charge on any atom is -0.457 e. The van der Waals surface area contributed by atoms with Crippen molar-refractivity contribution in [1.29, 1.82) is 0 Å². The first-order valence-corrected chi connectivity index (χ1v) is 28.3. The molecule has 0 bridgehead atoms. The van der Waals surface area contributed by atoms with Gasteiger partial charge in [0.1, 0.15) is 12.2 Å². The monoisotopic (exact) mass is 915 g/mol. The number of allylic oxidation sites excluding steroid dienone is 4. The third kappa shape index (κ3) is 50.2. The average molecular weight is 915 g/mol. The number of aliphatic hydroxyl groups is 2. The molecule has 9 nitrogen and oxygen atoms in total. The highest BCUT2D eigenvalue weighted by Gasteiger charge is 2.26. The molecule has 0 fully saturated rings. The van der Waals surface area contributed by atoms with Gasteiger partial charge in [-0.05, 0) is 44.9 Å². The Morgan fingerprint density at radius 3 is 1.29 bits per heavy atom. The molecule has 0 radical (unpaired) electrons. The van der Waals surface area contributed by atoms with E-state index in [1.165, 1.54) is 199 Å². The minimum atomic E-state index is -4.52. The second-order valence-corrected chi connectivity index (χ2v) is 19.7. The third-order valence-corrected chi connectivity index (χ3v) is 12.8. The van der Waals surface area contributed by atoms with Crippen molar-refractivity contribution in [1.82, 2.24) is 0 Å². The summed E-state index contributed by atoms with van der Waals surface area (Å²) in [6.07, 6.45) is 55.8. The van der Waals surface area contributed by atoms with Crippen LogP contribution in [-0.4, -0.2) is 66.3 Å². The molecule has 0 aromatic rings. The third-order valence-electron chi connectivity index (χ3n) is 11.9. The number of ether oxygens (including phenoxy) is 2. The summed E-state index contributed by atoms with van der Waals surface area (Å²) in [7, 11) is -4.52. The zero-order chi connectivity index (χ0) is 46.0. The predicted molar refractivity (Wildman–Crippen MR) is 265 cm³/mol. The van der Waals surface area contributed by atoms with Gasteiger partial charge < -0.3 is 24.6 Å². The molecule has 0 saturated heterocycles. The summed E-state index contributed by atoms with van der Waals surface area (Å²) in [4.78, 5) is 22.7. The highest BCUT2D eigenvalue weighted by atomic mass is 31.2. The molecule has 0 heterocycles. The van der Waals surface area contributed by atoms with E-state index in [0.717, 1.165) is 44.9 Å². The lowest BCUT2D eigenvalue weighted by atomic mass is 10.0.